The van der Waals surface area contributed by atoms with E-state index < -0.39 is 244 Å². The number of nitrogens with zero attached hydrogens (tertiary/aromatic N) is 3. The van der Waals surface area contributed by atoms with E-state index >= 15 is 0 Å². The molecular weight excluding hydrogens is 1990 g/mol. The minimum absolute atomic E-state index is 0.0684. The number of nitrogens with one attached hydrogen (secondary N) is 1. The number of hydrogen-bond donors (Lipinski definition) is 3. The Hall–Kier alpha value is -11.3. The number of hydrogen-bond acceptors (Lipinski definition) is 38. The lowest BCUT2D eigenvalue weighted by atomic mass is 10.1. The van der Waals surface area contributed by atoms with Crippen molar-refractivity contribution >= 4 is 111 Å². The Morgan fingerprint density at radius 1 is 0.432 bits per heavy atom. The van der Waals surface area contributed by atoms with Gasteiger partial charge in [0.25, 0.3) is 0 Å². The third kappa shape index (κ3) is 33.4. The Morgan fingerprint density at radius 3 is 0.964 bits per heavy atom. The number of esters is 4. The standard InChI is InChI=1S/C22H28F3NO10S.C19H24F3NO10S.C19H22F3NO8S.C16H18F3NO8S.C5H12O2/c1-19(2,3)35-18(28)26(10-13-11-31-20(4,5)32-13)12-8-14-16(17(27)34-21(6,7)33-14)15(9-12)36-37(29,30)22(23,24)25;1-17(2,3)32-16(27)23(8-11(25)9-24)10-6-12-14(15(26)31-18(4,5)30-12)13(7-10)33-34(28,29)19(20,21)22;1-7-8-23(16(25)30-17(2,3)4)11-9-12-14(15(24)29-18(5,6)28-12)13(10-11)31-32(26,27)19(20,21)22;1-14(2,3)27-13(22)20-8-6-9-11(12(21)26-15(4,5)25-9)10(7-8)28-29(23,24)16(17,18)19;1-5(2,6-3)7-4/h8-9,13H,10-11H2,1-7H3;6-7,11,24-25H,8-9H2,1-5H3;7,9-10H,1,8H2,2-6H3;6-7H,1-5H3,(H,20,22);1-4H3. The van der Waals surface area contributed by atoms with Crippen molar-refractivity contribution in [1.82, 2.24) is 0 Å². The minimum Gasteiger partial charge on any atom is -0.452 e. The highest BCUT2D eigenvalue weighted by Gasteiger charge is 2.55. The number of carbonyl (C=O) groups is 8. The number of rotatable bonds is 21. The molecule has 4 amide bonds. The van der Waals surface area contributed by atoms with Crippen LogP contribution < -0.4 is 55.7 Å². The van der Waals surface area contributed by atoms with Crippen molar-refractivity contribution in [3.63, 3.8) is 0 Å². The fraction of sp³-hybridized carbons (Fsp3) is 0.580. The quantitative estimate of drug-likeness (QED) is 0.0133. The normalized spacial score (nSPS) is 17.2. The van der Waals surface area contributed by atoms with Gasteiger partial charge in [-0.15, -0.1) is 6.58 Å². The fourth-order valence-corrected chi connectivity index (χ4v) is 12.8. The smallest absolute Gasteiger partial charge is 0.452 e. The molecule has 5 heterocycles. The summed E-state index contributed by atoms with van der Waals surface area (Å²) in [6.45, 7) is 38.3. The number of alkyl halides is 12. The molecule has 1 fully saturated rings. The predicted molar refractivity (Wildman–Crippen MR) is 456 cm³/mol. The SMILES string of the molecule is C=CCN(C(=O)OC(C)(C)C)c1cc2c(c(OS(=O)(=O)C(F)(F)F)c1)C(=O)OC(C)(C)O2.CC(C)(C)OC(=O)N(CC(O)CO)c1cc2c(c(OS(=O)(=O)C(F)(F)F)c1)C(=O)OC(C)(C)O2.CC(C)(C)OC(=O)N(CC1COC(C)(C)O1)c1cc2c(c(OS(=O)(=O)C(F)(F)F)c1)C(=O)OC(C)(C)O2.CC(C)(C)OC(=O)Nc1cc2c(c(OS(=O)(=O)C(F)(F)F)c1)C(=O)OC(C)(C)O2.COC(C)(C)OC. The number of fused-ring (bicyclic) bond motifs is 4. The van der Waals surface area contributed by atoms with E-state index in [2.05, 4.69) is 28.6 Å². The molecule has 139 heavy (non-hydrogen) atoms. The van der Waals surface area contributed by atoms with Gasteiger partial charge in [-0.3, -0.25) is 20.0 Å². The van der Waals surface area contributed by atoms with Gasteiger partial charge in [-0.05, 0) is 111 Å². The molecule has 9 rings (SSSR count). The predicted octanol–water partition coefficient (Wildman–Crippen LogP) is 15.1. The molecule has 0 saturated carbocycles. The van der Waals surface area contributed by atoms with E-state index in [-0.39, 0.29) is 59.7 Å². The number of anilines is 4. The van der Waals surface area contributed by atoms with Crippen LogP contribution in [0.5, 0.6) is 46.0 Å². The molecule has 0 radical (unpaired) electrons. The number of halogens is 12. The highest BCUT2D eigenvalue weighted by Crippen LogP contribution is 2.49. The molecule has 58 heteroatoms. The maximum Gasteiger partial charge on any atom is 0.534 e. The van der Waals surface area contributed by atoms with Crippen molar-refractivity contribution in [2.75, 3.05) is 67.1 Å². The van der Waals surface area contributed by atoms with Gasteiger partial charge in [-0.2, -0.15) is 86.4 Å². The van der Waals surface area contributed by atoms with Crippen molar-refractivity contribution in [1.29, 1.82) is 0 Å². The Bertz CT molecular complexity index is 5750. The van der Waals surface area contributed by atoms with Crippen LogP contribution in [0.4, 0.5) is 94.6 Å². The lowest BCUT2D eigenvalue weighted by Gasteiger charge is -2.34. The van der Waals surface area contributed by atoms with E-state index in [0.29, 0.717) is 17.0 Å². The van der Waals surface area contributed by atoms with Crippen LogP contribution in [0.3, 0.4) is 0 Å². The van der Waals surface area contributed by atoms with Gasteiger partial charge in [0.1, 0.15) is 73.8 Å². The van der Waals surface area contributed by atoms with Gasteiger partial charge in [0.05, 0.1) is 55.2 Å². The summed E-state index contributed by atoms with van der Waals surface area (Å²) in [6, 6.07) is 7.31. The molecule has 2 atom stereocenters. The molecule has 42 nitrogen and oxygen atoms in total. The van der Waals surface area contributed by atoms with E-state index in [9.17, 15) is 135 Å². The molecule has 2 unspecified atom stereocenters. The monoisotopic (exact) mass is 2100 g/mol. The van der Waals surface area contributed by atoms with Gasteiger partial charge in [0.15, 0.2) is 34.6 Å². The number of benzene rings is 4. The summed E-state index contributed by atoms with van der Waals surface area (Å²) < 4.78 is 348. The fourth-order valence-electron chi connectivity index (χ4n) is 10.9. The third-order valence-electron chi connectivity index (χ3n) is 16.5. The summed E-state index contributed by atoms with van der Waals surface area (Å²) >= 11 is 0. The highest BCUT2D eigenvalue weighted by atomic mass is 32.2. The number of cyclic esters (lactones) is 4. The Morgan fingerprint density at radius 2 is 0.705 bits per heavy atom. The van der Waals surface area contributed by atoms with E-state index in [0.717, 1.165) is 46.2 Å². The Balaban J connectivity index is 0.000000320. The second kappa shape index (κ2) is 41.9. The number of methoxy groups -OCH3 is 2. The van der Waals surface area contributed by atoms with Crippen LogP contribution in [0.2, 0.25) is 0 Å². The molecule has 4 aromatic carbocycles. The molecule has 1 saturated heterocycles. The zero-order valence-corrected chi connectivity index (χ0v) is 82.5. The van der Waals surface area contributed by atoms with Crippen LogP contribution in [-0.2, 0) is 97.3 Å². The largest absolute Gasteiger partial charge is 0.534 e. The topological polar surface area (TPSA) is 520 Å². The van der Waals surface area contributed by atoms with E-state index in [1.165, 1.54) is 82.2 Å². The summed E-state index contributed by atoms with van der Waals surface area (Å²) in [6.07, 6.45) is -4.86. The molecule has 0 bridgehead atoms. The molecule has 784 valence electrons. The second-order valence-corrected chi connectivity index (χ2v) is 42.2. The first kappa shape index (κ1) is 118. The van der Waals surface area contributed by atoms with Crippen LogP contribution in [0, 0.1) is 0 Å². The second-order valence-electron chi connectivity index (χ2n) is 36.1. The van der Waals surface area contributed by atoms with Crippen molar-refractivity contribution in [3.8, 4) is 46.0 Å². The van der Waals surface area contributed by atoms with Crippen molar-refractivity contribution < 1.29 is 227 Å². The van der Waals surface area contributed by atoms with Gasteiger partial charge in [-0.25, -0.2) is 38.4 Å². The van der Waals surface area contributed by atoms with Crippen LogP contribution in [0.25, 0.3) is 0 Å². The summed E-state index contributed by atoms with van der Waals surface area (Å²) in [5.41, 5.74) is -30.8. The van der Waals surface area contributed by atoms with Crippen LogP contribution in [0.1, 0.15) is 208 Å². The average Bonchev–Trinajstić information content (AvgIpc) is 1.20. The maximum atomic E-state index is 13.2. The summed E-state index contributed by atoms with van der Waals surface area (Å²) in [5, 5.41) is 21.3. The van der Waals surface area contributed by atoms with Crippen LogP contribution in [-0.4, -0.2) is 231 Å². The molecule has 0 aromatic heterocycles. The average molecular weight is 2100 g/mol. The molecule has 5 aliphatic heterocycles. The van der Waals surface area contributed by atoms with Gasteiger partial charge in [0.2, 0.25) is 23.1 Å². The highest BCUT2D eigenvalue weighted by molar-refractivity contribution is 7.88. The van der Waals surface area contributed by atoms with Gasteiger partial charge in [-0.1, -0.05) is 6.08 Å². The number of amides is 4. The summed E-state index contributed by atoms with van der Waals surface area (Å²) in [7, 11) is -21.5. The van der Waals surface area contributed by atoms with Crippen LogP contribution >= 0.6 is 0 Å². The molecule has 0 aliphatic carbocycles. The van der Waals surface area contributed by atoms with Crippen molar-refractivity contribution in [2.45, 2.75) is 258 Å². The zero-order valence-electron chi connectivity index (χ0n) is 79.2. The molecular formula is C81H104F12N4O38S4. The first-order chi connectivity index (χ1) is 62.2. The Labute approximate surface area is 789 Å². The molecule has 4 aromatic rings. The van der Waals surface area contributed by atoms with Gasteiger partial charge < -0.3 is 103 Å². The molecule has 3 N–H and O–H groups in total. The first-order valence-electron chi connectivity index (χ1n) is 40.0. The van der Waals surface area contributed by atoms with Gasteiger partial charge in [0, 0.05) is 125 Å². The number of carbonyl (C=O) groups excluding carboxylic acids is 8. The zero-order chi connectivity index (χ0) is 107. The van der Waals surface area contributed by atoms with Gasteiger partial charge >= 0.3 is 111 Å². The number of ether oxygens (including phenoxy) is 16. The van der Waals surface area contributed by atoms with E-state index in [1.807, 2.05) is 13.8 Å². The molecule has 0 spiro atoms. The van der Waals surface area contributed by atoms with E-state index in [4.69, 9.17) is 75.8 Å². The minimum atomic E-state index is -6.24. The lowest BCUT2D eigenvalue weighted by Crippen LogP contribution is -2.43. The van der Waals surface area contributed by atoms with Crippen molar-refractivity contribution in [3.05, 3.63) is 83.4 Å². The van der Waals surface area contributed by atoms with Crippen molar-refractivity contribution in [2.24, 2.45) is 0 Å². The molecule has 5 aliphatic rings. The number of aliphatic hydroxyl groups excluding tert-OH is 2. The van der Waals surface area contributed by atoms with E-state index in [1.54, 1.807) is 90.4 Å². The Kier molecular flexibility index (Phi) is 35.6. The summed E-state index contributed by atoms with van der Waals surface area (Å²) in [4.78, 5) is 103. The third-order valence-corrected chi connectivity index (χ3v) is 20.4. The first-order valence-corrected chi connectivity index (χ1v) is 45.7. The lowest BCUT2D eigenvalue weighted by molar-refractivity contribution is -0.178. The summed E-state index contributed by atoms with van der Waals surface area (Å²) in [5.74, 6) is -18.2. The number of aliphatic hydroxyl groups is 2. The maximum absolute atomic E-state index is 13.2. The van der Waals surface area contributed by atoms with Crippen LogP contribution in [0.15, 0.2) is 61.2 Å².